The van der Waals surface area contributed by atoms with Crippen LogP contribution >= 0.6 is 0 Å². The summed E-state index contributed by atoms with van der Waals surface area (Å²) in [4.78, 5) is 29.8. The molecule has 0 aromatic carbocycles. The molecule has 2 aliphatic rings. The second kappa shape index (κ2) is 20.4. The molecule has 3 rings (SSSR count). The first kappa shape index (κ1) is 45.6. The lowest BCUT2D eigenvalue weighted by Crippen LogP contribution is -2.60. The molecular formula is C40H66N4O10. The molecule has 0 amide bonds. The fourth-order valence-electron chi connectivity index (χ4n) is 7.97. The molecule has 14 heteroatoms. The molecule has 1 aromatic heterocycles. The molecule has 0 saturated carbocycles. The van der Waals surface area contributed by atoms with Crippen molar-refractivity contribution in [2.24, 2.45) is 28.8 Å². The van der Waals surface area contributed by atoms with Crippen LogP contribution in [0.1, 0.15) is 80.2 Å². The number of hydrogen-bond donors (Lipinski definition) is 3. The lowest BCUT2D eigenvalue weighted by molar-refractivity contribution is -0.302. The van der Waals surface area contributed by atoms with E-state index in [1.807, 2.05) is 46.7 Å². The zero-order chi connectivity index (χ0) is 40.4. The van der Waals surface area contributed by atoms with E-state index in [1.54, 1.807) is 58.5 Å². The Labute approximate surface area is 321 Å². The van der Waals surface area contributed by atoms with Crippen molar-refractivity contribution in [3.8, 4) is 0 Å². The first-order valence-electron chi connectivity index (χ1n) is 19.1. The maximum atomic E-state index is 14.0. The Hall–Kier alpha value is -2.82. The third-order valence-corrected chi connectivity index (χ3v) is 11.2. The molecule has 2 saturated heterocycles. The van der Waals surface area contributed by atoms with E-state index in [9.17, 15) is 20.1 Å². The molecule has 0 bridgehead atoms. The Bertz CT molecular complexity index is 1380. The molecule has 306 valence electrons. The smallest absolute Gasteiger partial charge is 0.311 e. The Kier molecular flexibility index (Phi) is 17.2. The van der Waals surface area contributed by atoms with Gasteiger partial charge in [0.2, 0.25) is 0 Å². The van der Waals surface area contributed by atoms with Crippen LogP contribution in [0.15, 0.2) is 42.6 Å². The minimum Gasteiger partial charge on any atom is -0.459 e. The van der Waals surface area contributed by atoms with Gasteiger partial charge in [-0.2, -0.15) is 0 Å². The van der Waals surface area contributed by atoms with Gasteiger partial charge in [-0.05, 0) is 67.1 Å². The van der Waals surface area contributed by atoms with Crippen LogP contribution in [0.25, 0.3) is 6.08 Å². The zero-order valence-corrected chi connectivity index (χ0v) is 34.1. The number of rotatable bonds is 12. The summed E-state index contributed by atoms with van der Waals surface area (Å²) in [6.45, 7) is 18.5. The van der Waals surface area contributed by atoms with Gasteiger partial charge in [-0.15, -0.1) is 6.58 Å². The van der Waals surface area contributed by atoms with E-state index in [1.165, 1.54) is 13.3 Å². The number of ether oxygens (including phenoxy) is 5. The number of carbonyl (C=O) groups excluding carboxylic acids is 1. The van der Waals surface area contributed by atoms with E-state index in [0.717, 1.165) is 5.56 Å². The van der Waals surface area contributed by atoms with E-state index >= 15 is 0 Å². The first-order chi connectivity index (χ1) is 25.4. The van der Waals surface area contributed by atoms with Crippen molar-refractivity contribution in [1.82, 2.24) is 14.9 Å². The Morgan fingerprint density at radius 3 is 2.35 bits per heavy atom. The van der Waals surface area contributed by atoms with Crippen LogP contribution in [0, 0.1) is 23.7 Å². The number of esters is 1. The quantitative estimate of drug-likeness (QED) is 0.121. The average Bonchev–Trinajstić information content (AvgIpc) is 3.14. The highest BCUT2D eigenvalue weighted by Crippen LogP contribution is 2.40. The molecule has 0 aliphatic carbocycles. The van der Waals surface area contributed by atoms with Crippen molar-refractivity contribution in [2.45, 2.75) is 135 Å². The van der Waals surface area contributed by atoms with Crippen molar-refractivity contribution in [3.05, 3.63) is 43.0 Å². The van der Waals surface area contributed by atoms with Crippen molar-refractivity contribution >= 4 is 17.8 Å². The Morgan fingerprint density at radius 1 is 1.09 bits per heavy atom. The van der Waals surface area contributed by atoms with Gasteiger partial charge in [-0.1, -0.05) is 45.0 Å². The van der Waals surface area contributed by atoms with E-state index in [4.69, 9.17) is 28.5 Å². The molecule has 1 unspecified atom stereocenters. The van der Waals surface area contributed by atoms with Crippen LogP contribution in [-0.2, 0) is 33.3 Å². The number of nitrogens with zero attached hydrogens (tertiary/aromatic N) is 4. The van der Waals surface area contributed by atoms with Crippen LogP contribution in [0.4, 0.5) is 0 Å². The highest BCUT2D eigenvalue weighted by atomic mass is 16.7. The highest BCUT2D eigenvalue weighted by Gasteiger charge is 2.52. The molecule has 3 heterocycles. The number of hydrogen-bond acceptors (Lipinski definition) is 14. The molecular weight excluding hydrogens is 696 g/mol. The second-order valence-electron chi connectivity index (χ2n) is 15.7. The predicted molar refractivity (Wildman–Crippen MR) is 205 cm³/mol. The van der Waals surface area contributed by atoms with Crippen LogP contribution in [0.2, 0.25) is 0 Å². The summed E-state index contributed by atoms with van der Waals surface area (Å²) in [7, 11) is 5.40. The minimum atomic E-state index is -1.87. The molecule has 14 atom stereocenters. The summed E-state index contributed by atoms with van der Waals surface area (Å²) in [5.74, 6) is -3.19. The fourth-order valence-corrected chi connectivity index (χ4v) is 7.97. The molecule has 2 fully saturated rings. The number of aliphatic hydroxyl groups is 3. The van der Waals surface area contributed by atoms with E-state index in [0.29, 0.717) is 12.1 Å². The number of likely N-dealkylation sites (N-methyl/N-ethyl adjacent to an activating group) is 1. The van der Waals surface area contributed by atoms with E-state index < -0.39 is 77.7 Å². The second-order valence-corrected chi connectivity index (χ2v) is 15.7. The summed E-state index contributed by atoms with van der Waals surface area (Å²) < 4.78 is 31.8. The Balaban J connectivity index is 2.17. The average molecular weight is 763 g/mol. The number of cyclic esters (lactones) is 1. The lowest BCUT2D eigenvalue weighted by Gasteiger charge is -2.48. The molecule has 0 spiro atoms. The van der Waals surface area contributed by atoms with Crippen LogP contribution in [-0.4, -0.2) is 136 Å². The number of oxime groups is 1. The third kappa shape index (κ3) is 11.2. The van der Waals surface area contributed by atoms with E-state index in [-0.39, 0.29) is 38.2 Å². The maximum Gasteiger partial charge on any atom is 0.311 e. The van der Waals surface area contributed by atoms with Gasteiger partial charge in [-0.25, -0.2) is 9.97 Å². The van der Waals surface area contributed by atoms with Gasteiger partial charge >= 0.3 is 5.97 Å². The number of aromatic nitrogens is 2. The van der Waals surface area contributed by atoms with Gasteiger partial charge in [0.25, 0.3) is 0 Å². The van der Waals surface area contributed by atoms with Crippen LogP contribution in [0.3, 0.4) is 0 Å². The largest absolute Gasteiger partial charge is 0.459 e. The molecule has 2 aliphatic heterocycles. The summed E-state index contributed by atoms with van der Waals surface area (Å²) >= 11 is 0. The lowest BCUT2D eigenvalue weighted by atomic mass is 9.73. The molecule has 3 N–H and O–H groups in total. The SMILES string of the molecule is C=CCOC1[C@@H](C)C(=O)O[C@H](CC)[C@@](C)(O)[C@H](O)[C@@H](C)/C(=N/OC/C=C/c2cncnc2)[C@H](C)C[C@@](C)(OC)[C@H](O[C@H]2O[C@H](C)C[C@H](N(C)C)[C@H]2O)[C@H]1C. The summed E-state index contributed by atoms with van der Waals surface area (Å²) in [5.41, 5.74) is -1.74. The molecule has 54 heavy (non-hydrogen) atoms. The van der Waals surface area contributed by atoms with Crippen molar-refractivity contribution in [1.29, 1.82) is 0 Å². The van der Waals surface area contributed by atoms with Gasteiger partial charge in [0.1, 0.15) is 30.7 Å². The monoisotopic (exact) mass is 762 g/mol. The maximum absolute atomic E-state index is 14.0. The van der Waals surface area contributed by atoms with Gasteiger partial charge < -0.3 is 48.7 Å². The standard InChI is InChI=1S/C40H66N4O10/c1-13-17-50-34-27(6)36(54-38-33(45)30(44(10)11)19-25(4)52-38)39(8,49-12)20-24(3)32(43-51-18-15-16-29-21-41-23-42-22-29)26(5)35(46)40(9,48)31(14-2)53-37(47)28(34)7/h13,15-16,21-28,30-31,33-36,38,45-46,48H,1,14,17-20H2,2-12H3/b16-15+,43-32+/t24-,25-,26+,27+,28-,30+,31-,33-,34?,35-,36-,38-,39-,40-/m1/s1. The van der Waals surface area contributed by atoms with Crippen molar-refractivity contribution in [3.63, 3.8) is 0 Å². The van der Waals surface area contributed by atoms with Gasteiger partial charge in [-0.3, -0.25) is 4.79 Å². The Morgan fingerprint density at radius 2 is 1.76 bits per heavy atom. The minimum absolute atomic E-state index is 0.103. The van der Waals surface area contributed by atoms with E-state index in [2.05, 4.69) is 21.7 Å². The van der Waals surface area contributed by atoms with Crippen LogP contribution in [0.5, 0.6) is 0 Å². The topological polar surface area (TPSA) is 175 Å². The normalized spacial score (nSPS) is 39.7. The van der Waals surface area contributed by atoms with Gasteiger partial charge in [0, 0.05) is 48.9 Å². The summed E-state index contributed by atoms with van der Waals surface area (Å²) in [6.07, 6.45) is 4.76. The van der Waals surface area contributed by atoms with Crippen molar-refractivity contribution in [2.75, 3.05) is 34.4 Å². The van der Waals surface area contributed by atoms with Gasteiger partial charge in [0.05, 0.1) is 48.3 Å². The zero-order valence-electron chi connectivity index (χ0n) is 34.1. The van der Waals surface area contributed by atoms with Crippen molar-refractivity contribution < 1.29 is 48.6 Å². The molecule has 14 nitrogen and oxygen atoms in total. The summed E-state index contributed by atoms with van der Waals surface area (Å²) in [5, 5.41) is 39.9. The highest BCUT2D eigenvalue weighted by molar-refractivity contribution is 5.88. The molecule has 0 radical (unpaired) electrons. The number of carbonyl (C=O) groups is 1. The number of aliphatic hydroxyl groups excluding tert-OH is 2. The first-order valence-corrected chi connectivity index (χ1v) is 19.1. The van der Waals surface area contributed by atoms with Gasteiger partial charge in [0.15, 0.2) is 6.29 Å². The molecule has 1 aromatic rings. The predicted octanol–water partition coefficient (Wildman–Crippen LogP) is 4.03. The third-order valence-electron chi connectivity index (χ3n) is 11.2. The summed E-state index contributed by atoms with van der Waals surface area (Å²) in [6, 6.07) is -0.234. The fraction of sp³-hybridized carbons (Fsp3) is 0.750. The number of methoxy groups -OCH3 is 1. The van der Waals surface area contributed by atoms with Crippen LogP contribution < -0.4 is 0 Å².